The van der Waals surface area contributed by atoms with Crippen LogP contribution >= 0.6 is 0 Å². The number of esters is 1. The Kier molecular flexibility index (Phi) is 1.89. The van der Waals surface area contributed by atoms with E-state index < -0.39 is 0 Å². The average Bonchev–Trinajstić information content (AvgIpc) is 2.49. The first-order chi connectivity index (χ1) is 6.27. The summed E-state index contributed by atoms with van der Waals surface area (Å²) in [6, 6.07) is 9.64. The molecule has 0 spiro atoms. The second-order valence-electron chi connectivity index (χ2n) is 3.11. The Hall–Kier alpha value is -1.57. The van der Waals surface area contributed by atoms with Crippen LogP contribution < -0.4 is 0 Å². The van der Waals surface area contributed by atoms with Crippen LogP contribution in [0, 0.1) is 5.92 Å². The zero-order chi connectivity index (χ0) is 9.26. The summed E-state index contributed by atoms with van der Waals surface area (Å²) in [6.45, 7) is 1.83. The molecule has 0 aliphatic carbocycles. The molecule has 2 nitrogen and oxygen atoms in total. The van der Waals surface area contributed by atoms with Crippen molar-refractivity contribution >= 4 is 11.7 Å². The molecule has 1 aliphatic rings. The van der Waals surface area contributed by atoms with Crippen molar-refractivity contribution in [1.29, 1.82) is 0 Å². The van der Waals surface area contributed by atoms with Gasteiger partial charge in [0.15, 0.2) is 0 Å². The Morgan fingerprint density at radius 1 is 1.23 bits per heavy atom. The lowest BCUT2D eigenvalue weighted by Gasteiger charge is -2.00. The maximum absolute atomic E-state index is 11.1. The summed E-state index contributed by atoms with van der Waals surface area (Å²) in [5.41, 5.74) is 0.959. The smallest absolute Gasteiger partial charge is 0.318 e. The highest BCUT2D eigenvalue weighted by Crippen LogP contribution is 2.25. The highest BCUT2D eigenvalue weighted by molar-refractivity contribution is 5.87. The first-order valence-electron chi connectivity index (χ1n) is 4.26. The predicted molar refractivity (Wildman–Crippen MR) is 49.7 cm³/mol. The second-order valence-corrected chi connectivity index (χ2v) is 3.11. The number of carbonyl (C=O) groups excluding carboxylic acids is 1. The zero-order valence-corrected chi connectivity index (χ0v) is 7.36. The fourth-order valence-corrected chi connectivity index (χ4v) is 1.29. The molecule has 2 heteroatoms. The third-order valence-corrected chi connectivity index (χ3v) is 2.04. The van der Waals surface area contributed by atoms with Crippen LogP contribution in [-0.4, -0.2) is 5.97 Å². The molecule has 0 radical (unpaired) electrons. The van der Waals surface area contributed by atoms with Crippen LogP contribution in [0.1, 0.15) is 12.5 Å². The van der Waals surface area contributed by atoms with Crippen LogP contribution in [0.2, 0.25) is 0 Å². The first kappa shape index (κ1) is 8.05. The molecule has 0 aromatic heterocycles. The highest BCUT2D eigenvalue weighted by atomic mass is 16.5. The van der Waals surface area contributed by atoms with Crippen LogP contribution in [0.4, 0.5) is 0 Å². The molecule has 0 saturated heterocycles. The van der Waals surface area contributed by atoms with E-state index in [2.05, 4.69) is 0 Å². The zero-order valence-electron chi connectivity index (χ0n) is 7.36. The van der Waals surface area contributed by atoms with E-state index in [0.717, 1.165) is 5.56 Å². The van der Waals surface area contributed by atoms with Gasteiger partial charge in [0.2, 0.25) is 0 Å². The lowest BCUT2D eigenvalue weighted by atomic mass is 10.1. The van der Waals surface area contributed by atoms with Crippen LogP contribution in [-0.2, 0) is 9.53 Å². The molecule has 0 fully saturated rings. The second kappa shape index (κ2) is 3.05. The molecule has 0 saturated carbocycles. The van der Waals surface area contributed by atoms with Crippen molar-refractivity contribution in [2.24, 2.45) is 5.92 Å². The van der Waals surface area contributed by atoms with Crippen molar-refractivity contribution in [1.82, 2.24) is 0 Å². The van der Waals surface area contributed by atoms with E-state index in [4.69, 9.17) is 4.74 Å². The first-order valence-corrected chi connectivity index (χ1v) is 4.26. The molecule has 66 valence electrons. The van der Waals surface area contributed by atoms with Gasteiger partial charge in [0.1, 0.15) is 5.76 Å². The third-order valence-electron chi connectivity index (χ3n) is 2.04. The van der Waals surface area contributed by atoms with Gasteiger partial charge in [0, 0.05) is 5.56 Å². The molecule has 0 bridgehead atoms. The van der Waals surface area contributed by atoms with Gasteiger partial charge >= 0.3 is 5.97 Å². The van der Waals surface area contributed by atoms with Crippen LogP contribution in [0.25, 0.3) is 5.76 Å². The monoisotopic (exact) mass is 174 g/mol. The third kappa shape index (κ3) is 1.47. The Morgan fingerprint density at radius 3 is 2.46 bits per heavy atom. The van der Waals surface area contributed by atoms with E-state index in [-0.39, 0.29) is 11.9 Å². The van der Waals surface area contributed by atoms with Crippen molar-refractivity contribution in [3.05, 3.63) is 42.0 Å². The fraction of sp³-hybridized carbons (Fsp3) is 0.182. The van der Waals surface area contributed by atoms with Crippen molar-refractivity contribution in [3.63, 3.8) is 0 Å². The molecule has 1 unspecified atom stereocenters. The molecular formula is C11H10O2. The van der Waals surface area contributed by atoms with Gasteiger partial charge in [-0.2, -0.15) is 0 Å². The molecule has 1 atom stereocenters. The fourth-order valence-electron chi connectivity index (χ4n) is 1.29. The van der Waals surface area contributed by atoms with Gasteiger partial charge in [-0.1, -0.05) is 30.3 Å². The number of hydrogen-bond acceptors (Lipinski definition) is 2. The number of carbonyl (C=O) groups is 1. The number of benzene rings is 1. The molecule has 1 aromatic carbocycles. The van der Waals surface area contributed by atoms with E-state index in [0.29, 0.717) is 5.76 Å². The Labute approximate surface area is 76.8 Å². The average molecular weight is 174 g/mol. The minimum atomic E-state index is -0.168. The summed E-state index contributed by atoms with van der Waals surface area (Å²) in [5, 5.41) is 0. The minimum absolute atomic E-state index is 0.116. The summed E-state index contributed by atoms with van der Waals surface area (Å²) in [5.74, 6) is 0.396. The van der Waals surface area contributed by atoms with Gasteiger partial charge in [-0.25, -0.2) is 0 Å². The van der Waals surface area contributed by atoms with Crippen molar-refractivity contribution in [3.8, 4) is 0 Å². The summed E-state index contributed by atoms with van der Waals surface area (Å²) in [6.07, 6.45) is 1.84. The topological polar surface area (TPSA) is 26.3 Å². The maximum Gasteiger partial charge on any atom is 0.318 e. The summed E-state index contributed by atoms with van der Waals surface area (Å²) >= 11 is 0. The predicted octanol–water partition coefficient (Wildman–Crippen LogP) is 2.22. The molecule has 1 aromatic rings. The normalized spacial score (nSPS) is 21.2. The highest BCUT2D eigenvalue weighted by Gasteiger charge is 2.23. The van der Waals surface area contributed by atoms with Gasteiger partial charge in [0.25, 0.3) is 0 Å². The van der Waals surface area contributed by atoms with Gasteiger partial charge < -0.3 is 4.74 Å². The van der Waals surface area contributed by atoms with Crippen molar-refractivity contribution in [2.45, 2.75) is 6.92 Å². The van der Waals surface area contributed by atoms with E-state index in [1.54, 1.807) is 0 Å². The van der Waals surface area contributed by atoms with E-state index in [9.17, 15) is 4.79 Å². The van der Waals surface area contributed by atoms with Gasteiger partial charge in [-0.3, -0.25) is 4.79 Å². The Morgan fingerprint density at radius 2 is 1.92 bits per heavy atom. The van der Waals surface area contributed by atoms with Gasteiger partial charge in [0.05, 0.1) is 5.92 Å². The molecule has 1 aliphatic heterocycles. The number of ether oxygens (including phenoxy) is 1. The van der Waals surface area contributed by atoms with E-state index >= 15 is 0 Å². The lowest BCUT2D eigenvalue weighted by Crippen LogP contribution is -2.02. The molecule has 0 amide bonds. The maximum atomic E-state index is 11.1. The SMILES string of the molecule is CC1C=C(c2ccccc2)OC1=O. The van der Waals surface area contributed by atoms with E-state index in [1.807, 2.05) is 43.3 Å². The molecule has 2 rings (SSSR count). The molecule has 13 heavy (non-hydrogen) atoms. The van der Waals surface area contributed by atoms with E-state index in [1.165, 1.54) is 0 Å². The molecule has 1 heterocycles. The summed E-state index contributed by atoms with van der Waals surface area (Å²) in [7, 11) is 0. The summed E-state index contributed by atoms with van der Waals surface area (Å²) in [4.78, 5) is 11.1. The van der Waals surface area contributed by atoms with Crippen LogP contribution in [0.15, 0.2) is 36.4 Å². The minimum Gasteiger partial charge on any atom is -0.426 e. The quantitative estimate of drug-likeness (QED) is 0.610. The molecular weight excluding hydrogens is 164 g/mol. The van der Waals surface area contributed by atoms with Crippen LogP contribution in [0.5, 0.6) is 0 Å². The Bertz CT molecular complexity index is 352. The van der Waals surface area contributed by atoms with Gasteiger partial charge in [-0.05, 0) is 13.0 Å². The number of rotatable bonds is 1. The number of hydrogen-bond donors (Lipinski definition) is 0. The Balaban J connectivity index is 2.30. The number of cyclic esters (lactones) is 1. The standard InChI is InChI=1S/C11H10O2/c1-8-7-10(13-11(8)12)9-5-3-2-4-6-9/h2-8H,1H3. The van der Waals surface area contributed by atoms with Crippen molar-refractivity contribution < 1.29 is 9.53 Å². The van der Waals surface area contributed by atoms with Crippen molar-refractivity contribution in [2.75, 3.05) is 0 Å². The summed E-state index contributed by atoms with van der Waals surface area (Å²) < 4.78 is 5.08. The molecule has 0 N–H and O–H groups in total. The van der Waals surface area contributed by atoms with Crippen LogP contribution in [0.3, 0.4) is 0 Å². The largest absolute Gasteiger partial charge is 0.426 e. The lowest BCUT2D eigenvalue weighted by molar-refractivity contribution is -0.137. The van der Waals surface area contributed by atoms with Gasteiger partial charge in [-0.15, -0.1) is 0 Å².